The van der Waals surface area contributed by atoms with E-state index >= 15 is 0 Å². The molecule has 0 radical (unpaired) electrons. The second-order valence-corrected chi connectivity index (χ2v) is 8.38. The molecule has 0 aromatic heterocycles. The maximum atomic E-state index is 11.6. The zero-order valence-corrected chi connectivity index (χ0v) is 14.1. The fourth-order valence-electron chi connectivity index (χ4n) is 1.68. The predicted molar refractivity (Wildman–Crippen MR) is 76.8 cm³/mol. The van der Waals surface area contributed by atoms with Crippen molar-refractivity contribution in [2.24, 2.45) is 0 Å². The molecule has 1 unspecified atom stereocenters. The highest BCUT2D eigenvalue weighted by Gasteiger charge is 2.36. The van der Waals surface area contributed by atoms with E-state index < -0.39 is 32.6 Å². The average molecular weight is 356 g/mol. The standard InChI is InChI=1S/C11H18O9P2/c1-6-8(12)5-7(11(2,3)4)9(13)10(6)19-22(17,18)20-21(14,15)16/h5,12-13H,1-4H3,(H,17,18)(H2,14,15,16). The van der Waals surface area contributed by atoms with E-state index in [4.69, 9.17) is 9.79 Å². The lowest BCUT2D eigenvalue weighted by Crippen LogP contribution is -2.12. The van der Waals surface area contributed by atoms with Crippen LogP contribution in [0.5, 0.6) is 17.2 Å². The molecule has 0 aliphatic carbocycles. The van der Waals surface area contributed by atoms with Gasteiger partial charge in [-0.15, -0.1) is 0 Å². The van der Waals surface area contributed by atoms with E-state index in [1.807, 2.05) is 0 Å². The third-order valence-electron chi connectivity index (χ3n) is 2.70. The number of aromatic hydroxyl groups is 2. The molecule has 0 heterocycles. The van der Waals surface area contributed by atoms with Crippen molar-refractivity contribution >= 4 is 15.6 Å². The van der Waals surface area contributed by atoms with Crippen LogP contribution < -0.4 is 4.52 Å². The molecule has 0 fully saturated rings. The Kier molecular flexibility index (Phi) is 5.04. The Hall–Kier alpha value is -1.08. The molecule has 0 bridgehead atoms. The van der Waals surface area contributed by atoms with Crippen molar-refractivity contribution in [2.45, 2.75) is 33.1 Å². The quantitative estimate of drug-likeness (QED) is 0.404. The second kappa shape index (κ2) is 5.85. The van der Waals surface area contributed by atoms with Crippen LogP contribution >= 0.6 is 15.6 Å². The van der Waals surface area contributed by atoms with Crippen LogP contribution in [0.4, 0.5) is 0 Å². The van der Waals surface area contributed by atoms with Gasteiger partial charge < -0.3 is 24.5 Å². The van der Waals surface area contributed by atoms with Gasteiger partial charge in [-0.1, -0.05) is 20.8 Å². The molecule has 0 aliphatic rings. The number of rotatable bonds is 4. The minimum atomic E-state index is -5.29. The largest absolute Gasteiger partial charge is 0.536 e. The third kappa shape index (κ3) is 4.71. The van der Waals surface area contributed by atoms with Gasteiger partial charge in [-0.05, 0) is 18.4 Å². The van der Waals surface area contributed by atoms with Gasteiger partial charge in [0.15, 0.2) is 11.5 Å². The lowest BCUT2D eigenvalue weighted by molar-refractivity contribution is 0.226. The molecule has 1 aromatic rings. The fourth-order valence-corrected chi connectivity index (χ4v) is 3.34. The second-order valence-electron chi connectivity index (χ2n) is 5.63. The van der Waals surface area contributed by atoms with Crippen molar-refractivity contribution in [1.29, 1.82) is 0 Å². The van der Waals surface area contributed by atoms with Crippen molar-refractivity contribution in [3.63, 3.8) is 0 Å². The number of phenols is 2. The molecule has 11 heteroatoms. The average Bonchev–Trinajstić information content (AvgIpc) is 2.24. The topological polar surface area (TPSA) is 154 Å². The number of hydrogen-bond donors (Lipinski definition) is 5. The van der Waals surface area contributed by atoms with Gasteiger partial charge >= 0.3 is 15.6 Å². The maximum absolute atomic E-state index is 11.6. The minimum Gasteiger partial charge on any atom is -0.508 e. The summed E-state index contributed by atoms with van der Waals surface area (Å²) in [5, 5.41) is 20.0. The zero-order valence-electron chi connectivity index (χ0n) is 12.3. The highest BCUT2D eigenvalue weighted by Crippen LogP contribution is 2.59. The van der Waals surface area contributed by atoms with Gasteiger partial charge in [-0.3, -0.25) is 4.89 Å². The van der Waals surface area contributed by atoms with Gasteiger partial charge in [0.25, 0.3) is 0 Å². The molecule has 0 spiro atoms. The Balaban J connectivity index is 3.40. The monoisotopic (exact) mass is 356 g/mol. The molecule has 0 aliphatic heterocycles. The van der Waals surface area contributed by atoms with E-state index in [2.05, 4.69) is 8.83 Å². The first kappa shape index (κ1) is 19.0. The number of hydrogen-bond acceptors (Lipinski definition) is 6. The smallest absolute Gasteiger partial charge is 0.508 e. The molecule has 1 aromatic carbocycles. The summed E-state index contributed by atoms with van der Waals surface area (Å²) in [6, 6.07) is 1.27. The first-order valence-electron chi connectivity index (χ1n) is 5.99. The van der Waals surface area contributed by atoms with Crippen LogP contribution in [-0.2, 0) is 18.9 Å². The Morgan fingerprint density at radius 3 is 2.00 bits per heavy atom. The summed E-state index contributed by atoms with van der Waals surface area (Å²) in [5.74, 6) is -1.45. The van der Waals surface area contributed by atoms with Crippen LogP contribution in [0.25, 0.3) is 0 Å². The molecule has 22 heavy (non-hydrogen) atoms. The van der Waals surface area contributed by atoms with Crippen LogP contribution in [0.1, 0.15) is 31.9 Å². The molecular weight excluding hydrogens is 338 g/mol. The Labute approximate surface area is 127 Å². The number of phenolic OH excluding ortho intramolecular Hbond substituents is 2. The third-order valence-corrected chi connectivity index (χ3v) is 4.79. The molecule has 126 valence electrons. The van der Waals surface area contributed by atoms with Crippen molar-refractivity contribution in [2.75, 3.05) is 0 Å². The van der Waals surface area contributed by atoms with E-state index in [0.717, 1.165) is 0 Å². The molecular formula is C11H18O9P2. The van der Waals surface area contributed by atoms with E-state index in [-0.39, 0.29) is 16.9 Å². The molecule has 1 rings (SSSR count). The van der Waals surface area contributed by atoms with Gasteiger partial charge in [0.05, 0.1) is 0 Å². The van der Waals surface area contributed by atoms with Gasteiger partial charge in [-0.2, -0.15) is 4.31 Å². The molecule has 0 amide bonds. The molecule has 9 nitrogen and oxygen atoms in total. The Morgan fingerprint density at radius 1 is 1.09 bits per heavy atom. The summed E-state index contributed by atoms with van der Waals surface area (Å²) in [7, 11) is -10.5. The van der Waals surface area contributed by atoms with Crippen molar-refractivity contribution in [1.82, 2.24) is 0 Å². The normalized spacial score (nSPS) is 15.4. The minimum absolute atomic E-state index is 0.0888. The van der Waals surface area contributed by atoms with Gasteiger partial charge in [0.2, 0.25) is 0 Å². The van der Waals surface area contributed by atoms with Crippen molar-refractivity contribution in [3.05, 3.63) is 17.2 Å². The maximum Gasteiger partial charge on any atom is 0.536 e. The number of phosphoric ester groups is 1. The lowest BCUT2D eigenvalue weighted by atomic mass is 9.85. The van der Waals surface area contributed by atoms with Crippen LogP contribution in [0.3, 0.4) is 0 Å². The summed E-state index contributed by atoms with van der Waals surface area (Å²) in [5.41, 5.74) is -0.521. The van der Waals surface area contributed by atoms with Crippen molar-refractivity contribution in [3.8, 4) is 17.2 Å². The number of benzene rings is 1. The van der Waals surface area contributed by atoms with Gasteiger partial charge in [0, 0.05) is 11.1 Å². The summed E-state index contributed by atoms with van der Waals surface area (Å²) in [6.07, 6.45) is 0. The predicted octanol–water partition coefficient (Wildman–Crippen LogP) is 2.29. The Bertz CT molecular complexity index is 671. The van der Waals surface area contributed by atoms with E-state index in [9.17, 15) is 24.2 Å². The summed E-state index contributed by atoms with van der Waals surface area (Å²) in [4.78, 5) is 26.5. The zero-order chi connectivity index (χ0) is 17.5. The van der Waals surface area contributed by atoms with E-state index in [1.165, 1.54) is 13.0 Å². The summed E-state index contributed by atoms with van der Waals surface area (Å²) in [6.45, 7) is 6.43. The molecule has 0 saturated heterocycles. The lowest BCUT2D eigenvalue weighted by Gasteiger charge is -2.24. The fraction of sp³-hybridized carbons (Fsp3) is 0.455. The molecule has 1 atom stereocenters. The molecule has 0 saturated carbocycles. The highest BCUT2D eigenvalue weighted by atomic mass is 31.3. The first-order chi connectivity index (χ1) is 9.64. The summed E-state index contributed by atoms with van der Waals surface area (Å²) >= 11 is 0. The van der Waals surface area contributed by atoms with Gasteiger partial charge in [-0.25, -0.2) is 9.13 Å². The van der Waals surface area contributed by atoms with Crippen molar-refractivity contribution < 1.29 is 42.9 Å². The highest BCUT2D eigenvalue weighted by molar-refractivity contribution is 7.60. The van der Waals surface area contributed by atoms with Crippen LogP contribution in [-0.4, -0.2) is 24.9 Å². The van der Waals surface area contributed by atoms with E-state index in [0.29, 0.717) is 0 Å². The molecule has 5 N–H and O–H groups in total. The van der Waals surface area contributed by atoms with Gasteiger partial charge in [0.1, 0.15) is 5.75 Å². The number of phosphoric acid groups is 2. The van der Waals surface area contributed by atoms with Crippen LogP contribution in [0.2, 0.25) is 0 Å². The Morgan fingerprint density at radius 2 is 1.59 bits per heavy atom. The van der Waals surface area contributed by atoms with E-state index in [1.54, 1.807) is 20.8 Å². The summed E-state index contributed by atoms with van der Waals surface area (Å²) < 4.78 is 30.5. The van der Waals surface area contributed by atoms with Crippen LogP contribution in [0.15, 0.2) is 6.07 Å². The SMILES string of the molecule is Cc1c(O)cc(C(C)(C)C)c(O)c1OP(=O)(O)OP(=O)(O)O. The first-order valence-corrected chi connectivity index (χ1v) is 9.02. The van der Waals surface area contributed by atoms with Crippen LogP contribution in [0, 0.1) is 6.92 Å².